The van der Waals surface area contributed by atoms with Crippen LogP contribution in [0.4, 0.5) is 0 Å². The molecule has 0 spiro atoms. The Morgan fingerprint density at radius 3 is 2.38 bits per heavy atom. The van der Waals surface area contributed by atoms with E-state index in [4.69, 9.17) is 9.47 Å². The molecule has 1 amide bonds. The number of benzene rings is 1. The second kappa shape index (κ2) is 6.30. The van der Waals surface area contributed by atoms with Gasteiger partial charge in [-0.15, -0.1) is 0 Å². The smallest absolute Gasteiger partial charge is 0.259 e. The minimum absolute atomic E-state index is 0.257. The lowest BCUT2D eigenvalue weighted by Crippen LogP contribution is -2.24. The average Bonchev–Trinajstić information content (AvgIpc) is 2.82. The zero-order valence-electron chi connectivity index (χ0n) is 12.6. The highest BCUT2D eigenvalue weighted by Gasteiger charge is 2.18. The highest BCUT2D eigenvalue weighted by molar-refractivity contribution is 5.99. The number of hydrogen-bond donors (Lipinski definition) is 1. The third-order valence-electron chi connectivity index (χ3n) is 3.25. The fourth-order valence-corrected chi connectivity index (χ4v) is 2.06. The second-order valence-electron chi connectivity index (χ2n) is 4.62. The third-order valence-corrected chi connectivity index (χ3v) is 3.25. The van der Waals surface area contributed by atoms with Crippen LogP contribution in [-0.4, -0.2) is 29.9 Å². The fraction of sp³-hybridized carbons (Fsp3) is 0.333. The number of carbonyl (C=O) groups excluding carboxylic acids is 1. The SMILES string of the molecule is COc1cccc(OC)c1C(=O)NCc1cc(C)n(C)n1. The monoisotopic (exact) mass is 289 g/mol. The number of carbonyl (C=O) groups is 1. The Labute approximate surface area is 123 Å². The molecule has 6 nitrogen and oxygen atoms in total. The number of nitrogens with one attached hydrogen (secondary N) is 1. The molecule has 2 rings (SSSR count). The second-order valence-corrected chi connectivity index (χ2v) is 4.62. The van der Waals surface area contributed by atoms with Crippen LogP contribution in [0.25, 0.3) is 0 Å². The summed E-state index contributed by atoms with van der Waals surface area (Å²) in [5.74, 6) is 0.695. The maximum Gasteiger partial charge on any atom is 0.259 e. The largest absolute Gasteiger partial charge is 0.496 e. The minimum atomic E-state index is -0.257. The van der Waals surface area contributed by atoms with Crippen molar-refractivity contribution >= 4 is 5.91 Å². The summed E-state index contributed by atoms with van der Waals surface area (Å²) >= 11 is 0. The molecule has 0 saturated heterocycles. The first kappa shape index (κ1) is 14.9. The number of aryl methyl sites for hydroxylation is 2. The lowest BCUT2D eigenvalue weighted by molar-refractivity contribution is 0.0944. The number of methoxy groups -OCH3 is 2. The summed E-state index contributed by atoms with van der Waals surface area (Å²) in [5.41, 5.74) is 2.22. The van der Waals surface area contributed by atoms with Gasteiger partial charge in [-0.3, -0.25) is 9.48 Å². The van der Waals surface area contributed by atoms with Crippen molar-refractivity contribution in [1.29, 1.82) is 0 Å². The van der Waals surface area contributed by atoms with Gasteiger partial charge in [0.05, 0.1) is 26.5 Å². The standard InChI is InChI=1S/C15H19N3O3/c1-10-8-11(17-18(10)2)9-16-15(19)14-12(20-3)6-5-7-13(14)21-4/h5-8H,9H2,1-4H3,(H,16,19). The van der Waals surface area contributed by atoms with Crippen LogP contribution in [0.1, 0.15) is 21.7 Å². The molecule has 0 aliphatic rings. The molecule has 0 aliphatic heterocycles. The molecule has 21 heavy (non-hydrogen) atoms. The molecule has 0 atom stereocenters. The van der Waals surface area contributed by atoms with Crippen LogP contribution < -0.4 is 14.8 Å². The van der Waals surface area contributed by atoms with Gasteiger partial charge in [0.1, 0.15) is 17.1 Å². The van der Waals surface area contributed by atoms with E-state index >= 15 is 0 Å². The summed E-state index contributed by atoms with van der Waals surface area (Å²) in [6.07, 6.45) is 0. The molecule has 0 fully saturated rings. The van der Waals surface area contributed by atoms with Gasteiger partial charge in [0, 0.05) is 12.7 Å². The Balaban J connectivity index is 2.16. The van der Waals surface area contributed by atoms with Gasteiger partial charge in [-0.05, 0) is 25.1 Å². The lowest BCUT2D eigenvalue weighted by Gasteiger charge is -2.12. The van der Waals surface area contributed by atoms with E-state index in [9.17, 15) is 4.79 Å². The Morgan fingerprint density at radius 1 is 1.29 bits per heavy atom. The maximum absolute atomic E-state index is 12.4. The molecule has 6 heteroatoms. The average molecular weight is 289 g/mol. The van der Waals surface area contributed by atoms with E-state index in [1.807, 2.05) is 20.0 Å². The number of rotatable bonds is 5. The molecular formula is C15H19N3O3. The number of ether oxygens (including phenoxy) is 2. The summed E-state index contributed by atoms with van der Waals surface area (Å²) in [7, 11) is 4.91. The van der Waals surface area contributed by atoms with E-state index in [1.54, 1.807) is 22.9 Å². The van der Waals surface area contributed by atoms with Crippen LogP contribution in [0.2, 0.25) is 0 Å². The van der Waals surface area contributed by atoms with Crippen molar-refractivity contribution in [2.24, 2.45) is 7.05 Å². The topological polar surface area (TPSA) is 65.4 Å². The fourth-order valence-electron chi connectivity index (χ4n) is 2.06. The highest BCUT2D eigenvalue weighted by atomic mass is 16.5. The molecule has 0 saturated carbocycles. The Morgan fingerprint density at radius 2 is 1.90 bits per heavy atom. The van der Waals surface area contributed by atoms with Gasteiger partial charge in [0.2, 0.25) is 0 Å². The Hall–Kier alpha value is -2.50. The van der Waals surface area contributed by atoms with Gasteiger partial charge in [-0.2, -0.15) is 5.10 Å². The molecule has 0 aliphatic carbocycles. The van der Waals surface area contributed by atoms with Gasteiger partial charge < -0.3 is 14.8 Å². The lowest BCUT2D eigenvalue weighted by atomic mass is 10.1. The number of nitrogens with zero attached hydrogens (tertiary/aromatic N) is 2. The van der Waals surface area contributed by atoms with E-state index in [0.29, 0.717) is 23.6 Å². The Bertz CT molecular complexity index is 608. The van der Waals surface area contributed by atoms with Crippen molar-refractivity contribution in [2.75, 3.05) is 14.2 Å². The predicted molar refractivity (Wildman–Crippen MR) is 78.7 cm³/mol. The molecule has 1 aromatic heterocycles. The third kappa shape index (κ3) is 3.16. The van der Waals surface area contributed by atoms with Crippen LogP contribution in [0.5, 0.6) is 11.5 Å². The van der Waals surface area contributed by atoms with Gasteiger partial charge in [0.15, 0.2) is 0 Å². The van der Waals surface area contributed by atoms with E-state index in [2.05, 4.69) is 10.4 Å². The zero-order valence-corrected chi connectivity index (χ0v) is 12.6. The number of hydrogen-bond acceptors (Lipinski definition) is 4. The zero-order chi connectivity index (χ0) is 15.4. The molecule has 0 bridgehead atoms. The van der Waals surface area contributed by atoms with Crippen LogP contribution in [0, 0.1) is 6.92 Å². The van der Waals surface area contributed by atoms with Crippen molar-refractivity contribution in [1.82, 2.24) is 15.1 Å². The summed E-state index contributed by atoms with van der Waals surface area (Å²) in [6, 6.07) is 7.15. The van der Waals surface area contributed by atoms with E-state index in [1.165, 1.54) is 14.2 Å². The van der Waals surface area contributed by atoms with Crippen molar-refractivity contribution < 1.29 is 14.3 Å². The molecular weight excluding hydrogens is 270 g/mol. The quantitative estimate of drug-likeness (QED) is 0.909. The molecule has 2 aromatic rings. The van der Waals surface area contributed by atoms with Crippen molar-refractivity contribution in [3.8, 4) is 11.5 Å². The maximum atomic E-state index is 12.4. The highest BCUT2D eigenvalue weighted by Crippen LogP contribution is 2.27. The summed E-state index contributed by atoms with van der Waals surface area (Å²) in [6.45, 7) is 2.31. The summed E-state index contributed by atoms with van der Waals surface area (Å²) < 4.78 is 12.2. The van der Waals surface area contributed by atoms with Crippen LogP contribution in [0.15, 0.2) is 24.3 Å². The van der Waals surface area contributed by atoms with Crippen molar-refractivity contribution in [2.45, 2.75) is 13.5 Å². The van der Waals surface area contributed by atoms with Gasteiger partial charge in [0.25, 0.3) is 5.91 Å². The number of aromatic nitrogens is 2. The van der Waals surface area contributed by atoms with Crippen molar-refractivity contribution in [3.05, 3.63) is 41.2 Å². The normalized spacial score (nSPS) is 10.3. The van der Waals surface area contributed by atoms with Gasteiger partial charge >= 0.3 is 0 Å². The summed E-state index contributed by atoms with van der Waals surface area (Å²) in [4.78, 5) is 12.4. The number of amides is 1. The van der Waals surface area contributed by atoms with Crippen molar-refractivity contribution in [3.63, 3.8) is 0 Å². The van der Waals surface area contributed by atoms with Gasteiger partial charge in [-0.25, -0.2) is 0 Å². The van der Waals surface area contributed by atoms with E-state index in [-0.39, 0.29) is 5.91 Å². The summed E-state index contributed by atoms with van der Waals surface area (Å²) in [5, 5.41) is 7.13. The molecule has 1 N–H and O–H groups in total. The Kier molecular flexibility index (Phi) is 4.47. The molecule has 0 unspecified atom stereocenters. The molecule has 0 radical (unpaired) electrons. The molecule has 1 aromatic carbocycles. The first-order valence-corrected chi connectivity index (χ1v) is 6.55. The molecule has 112 valence electrons. The van der Waals surface area contributed by atoms with Crippen LogP contribution >= 0.6 is 0 Å². The first-order chi connectivity index (χ1) is 10.1. The van der Waals surface area contributed by atoms with E-state index in [0.717, 1.165) is 11.4 Å². The minimum Gasteiger partial charge on any atom is -0.496 e. The predicted octanol–water partition coefficient (Wildman–Crippen LogP) is 1.68. The van der Waals surface area contributed by atoms with Gasteiger partial charge in [-0.1, -0.05) is 6.07 Å². The van der Waals surface area contributed by atoms with Crippen LogP contribution in [-0.2, 0) is 13.6 Å². The first-order valence-electron chi connectivity index (χ1n) is 6.55. The molecule has 1 heterocycles. The van der Waals surface area contributed by atoms with E-state index < -0.39 is 0 Å². The van der Waals surface area contributed by atoms with Crippen LogP contribution in [0.3, 0.4) is 0 Å².